The molecule has 0 saturated heterocycles. The van der Waals surface area contributed by atoms with Crippen LogP contribution in [0, 0.1) is 11.3 Å². The summed E-state index contributed by atoms with van der Waals surface area (Å²) in [7, 11) is 1.56. The number of anilines is 1. The molecule has 0 radical (unpaired) electrons. The van der Waals surface area contributed by atoms with Crippen molar-refractivity contribution >= 4 is 11.7 Å². The van der Waals surface area contributed by atoms with Gasteiger partial charge >= 0.3 is 0 Å². The number of benzene rings is 1. The molecule has 0 aliphatic carbocycles. The van der Waals surface area contributed by atoms with Gasteiger partial charge in [0.15, 0.2) is 11.6 Å². The third-order valence-corrected chi connectivity index (χ3v) is 3.34. The predicted molar refractivity (Wildman–Crippen MR) is 87.0 cm³/mol. The molecule has 1 amide bonds. The summed E-state index contributed by atoms with van der Waals surface area (Å²) >= 11 is 0. The van der Waals surface area contributed by atoms with E-state index >= 15 is 0 Å². The van der Waals surface area contributed by atoms with E-state index in [2.05, 4.69) is 15.4 Å². The fourth-order valence-electron chi connectivity index (χ4n) is 2.13. The molecule has 3 aromatic rings. The lowest BCUT2D eigenvalue weighted by atomic mass is 10.2. The van der Waals surface area contributed by atoms with Crippen LogP contribution >= 0.6 is 0 Å². The fraction of sp³-hybridized carbons (Fsp3) is 0.0588. The number of rotatable bonds is 4. The molecular formula is C17H13N5O2. The molecule has 7 nitrogen and oxygen atoms in total. The van der Waals surface area contributed by atoms with Crippen LogP contribution in [0.25, 0.3) is 5.82 Å². The van der Waals surface area contributed by atoms with E-state index in [1.807, 2.05) is 6.07 Å². The third-order valence-electron chi connectivity index (χ3n) is 3.34. The topological polar surface area (TPSA) is 92.8 Å². The SMILES string of the molecule is COc1ccc(C(=O)Nc2c(C#N)cnn2-c2ccccn2)cc1. The zero-order chi connectivity index (χ0) is 16.9. The monoisotopic (exact) mass is 319 g/mol. The van der Waals surface area contributed by atoms with Crippen molar-refractivity contribution in [1.29, 1.82) is 5.26 Å². The molecule has 0 atom stereocenters. The van der Waals surface area contributed by atoms with Crippen LogP contribution in [0.2, 0.25) is 0 Å². The summed E-state index contributed by atoms with van der Waals surface area (Å²) in [4.78, 5) is 16.6. The maximum absolute atomic E-state index is 12.4. The number of aromatic nitrogens is 3. The summed E-state index contributed by atoms with van der Waals surface area (Å²) < 4.78 is 6.49. The molecule has 2 heterocycles. The van der Waals surface area contributed by atoms with E-state index in [9.17, 15) is 10.1 Å². The quantitative estimate of drug-likeness (QED) is 0.797. The number of carbonyl (C=O) groups is 1. The molecular weight excluding hydrogens is 306 g/mol. The second-order valence-electron chi connectivity index (χ2n) is 4.80. The van der Waals surface area contributed by atoms with Crippen molar-refractivity contribution in [2.45, 2.75) is 0 Å². The lowest BCUT2D eigenvalue weighted by molar-refractivity contribution is 0.102. The third kappa shape index (κ3) is 2.94. The van der Waals surface area contributed by atoms with Crippen LogP contribution in [0.4, 0.5) is 5.82 Å². The molecule has 118 valence electrons. The Kier molecular flexibility index (Phi) is 4.21. The highest BCUT2D eigenvalue weighted by Gasteiger charge is 2.16. The number of pyridine rings is 1. The highest BCUT2D eigenvalue weighted by Crippen LogP contribution is 2.20. The number of ether oxygens (including phenoxy) is 1. The summed E-state index contributed by atoms with van der Waals surface area (Å²) in [5.74, 6) is 1.08. The van der Waals surface area contributed by atoms with Crippen LogP contribution < -0.4 is 10.1 Å². The average Bonchev–Trinajstić information content (AvgIpc) is 3.05. The first kappa shape index (κ1) is 15.2. The van der Waals surface area contributed by atoms with Gasteiger partial charge in [-0.15, -0.1) is 0 Å². The van der Waals surface area contributed by atoms with E-state index in [0.717, 1.165) is 0 Å². The van der Waals surface area contributed by atoms with E-state index < -0.39 is 0 Å². The van der Waals surface area contributed by atoms with Gasteiger partial charge in [0.25, 0.3) is 5.91 Å². The number of nitrogens with zero attached hydrogens (tertiary/aromatic N) is 4. The van der Waals surface area contributed by atoms with Gasteiger partial charge in [0.2, 0.25) is 0 Å². The zero-order valence-corrected chi connectivity index (χ0v) is 12.8. The molecule has 2 aromatic heterocycles. The maximum Gasteiger partial charge on any atom is 0.256 e. The molecule has 1 aromatic carbocycles. The van der Waals surface area contributed by atoms with E-state index in [4.69, 9.17) is 4.74 Å². The molecule has 0 bridgehead atoms. The van der Waals surface area contributed by atoms with Crippen LogP contribution in [0.15, 0.2) is 54.9 Å². The largest absolute Gasteiger partial charge is 0.497 e. The number of nitriles is 1. The molecule has 0 spiro atoms. The number of carbonyl (C=O) groups excluding carboxylic acids is 1. The second-order valence-corrected chi connectivity index (χ2v) is 4.80. The number of amides is 1. The summed E-state index contributed by atoms with van der Waals surface area (Å²) in [5, 5.41) is 16.1. The molecule has 24 heavy (non-hydrogen) atoms. The standard InChI is InChI=1S/C17H13N5O2/c1-24-14-7-5-12(6-8-14)17(23)21-16-13(10-18)11-20-22(16)15-4-2-3-9-19-15/h2-9,11H,1H3,(H,21,23). The minimum absolute atomic E-state index is 0.252. The van der Waals surface area contributed by atoms with Gasteiger partial charge < -0.3 is 10.1 Å². The highest BCUT2D eigenvalue weighted by atomic mass is 16.5. The molecule has 1 N–H and O–H groups in total. The summed E-state index contributed by atoms with van der Waals surface area (Å²) in [6.45, 7) is 0. The number of nitrogens with one attached hydrogen (secondary N) is 1. The van der Waals surface area contributed by atoms with Crippen LogP contribution in [-0.4, -0.2) is 27.8 Å². The summed E-state index contributed by atoms with van der Waals surface area (Å²) in [6.07, 6.45) is 3.00. The lowest BCUT2D eigenvalue weighted by Crippen LogP contribution is -2.16. The van der Waals surface area contributed by atoms with Gasteiger partial charge in [-0.3, -0.25) is 4.79 Å². The Morgan fingerprint density at radius 3 is 2.67 bits per heavy atom. The first-order valence-corrected chi connectivity index (χ1v) is 7.08. The Balaban J connectivity index is 1.93. The first-order valence-electron chi connectivity index (χ1n) is 7.08. The summed E-state index contributed by atoms with van der Waals surface area (Å²) in [6, 6.07) is 14.0. The van der Waals surface area contributed by atoms with Crippen LogP contribution in [0.1, 0.15) is 15.9 Å². The van der Waals surface area contributed by atoms with Gasteiger partial charge in [0.05, 0.1) is 13.3 Å². The Labute approximate surface area is 138 Å². The molecule has 0 aliphatic rings. The first-order chi connectivity index (χ1) is 11.7. The van der Waals surface area contributed by atoms with Gasteiger partial charge in [0.1, 0.15) is 17.4 Å². The fourth-order valence-corrected chi connectivity index (χ4v) is 2.13. The minimum atomic E-state index is -0.355. The number of hydrogen-bond acceptors (Lipinski definition) is 5. The minimum Gasteiger partial charge on any atom is -0.497 e. The molecule has 0 unspecified atom stereocenters. The van der Waals surface area contributed by atoms with Gasteiger partial charge in [-0.25, -0.2) is 4.98 Å². The van der Waals surface area contributed by atoms with Crippen LogP contribution in [0.3, 0.4) is 0 Å². The highest BCUT2D eigenvalue weighted by molar-refractivity contribution is 6.04. The Morgan fingerprint density at radius 2 is 2.04 bits per heavy atom. The molecule has 0 aliphatic heterocycles. The van der Waals surface area contributed by atoms with Gasteiger partial charge in [-0.2, -0.15) is 15.0 Å². The zero-order valence-electron chi connectivity index (χ0n) is 12.8. The Hall–Kier alpha value is -3.66. The Bertz CT molecular complexity index is 895. The molecule has 7 heteroatoms. The van der Waals surface area contributed by atoms with Gasteiger partial charge in [-0.05, 0) is 36.4 Å². The van der Waals surface area contributed by atoms with E-state index in [1.165, 1.54) is 10.9 Å². The number of methoxy groups -OCH3 is 1. The van der Waals surface area contributed by atoms with E-state index in [0.29, 0.717) is 17.1 Å². The van der Waals surface area contributed by atoms with Crippen molar-refractivity contribution < 1.29 is 9.53 Å². The second kappa shape index (κ2) is 6.62. The molecule has 0 fully saturated rings. The molecule has 0 saturated carbocycles. The smallest absolute Gasteiger partial charge is 0.256 e. The van der Waals surface area contributed by atoms with Gasteiger partial charge in [0, 0.05) is 11.8 Å². The van der Waals surface area contributed by atoms with E-state index in [1.54, 1.807) is 55.8 Å². The predicted octanol–water partition coefficient (Wildman–Crippen LogP) is 2.40. The van der Waals surface area contributed by atoms with Crippen molar-refractivity contribution in [1.82, 2.24) is 14.8 Å². The maximum atomic E-state index is 12.4. The normalized spacial score (nSPS) is 10.0. The average molecular weight is 319 g/mol. The van der Waals surface area contributed by atoms with E-state index in [-0.39, 0.29) is 17.3 Å². The van der Waals surface area contributed by atoms with Gasteiger partial charge in [-0.1, -0.05) is 6.07 Å². The number of hydrogen-bond donors (Lipinski definition) is 1. The van der Waals surface area contributed by atoms with Crippen molar-refractivity contribution in [2.75, 3.05) is 12.4 Å². The van der Waals surface area contributed by atoms with Crippen molar-refractivity contribution in [3.05, 3.63) is 66.0 Å². The summed E-state index contributed by atoms with van der Waals surface area (Å²) in [5.41, 5.74) is 0.691. The lowest BCUT2D eigenvalue weighted by Gasteiger charge is -2.09. The van der Waals surface area contributed by atoms with Crippen LogP contribution in [-0.2, 0) is 0 Å². The molecule has 3 rings (SSSR count). The Morgan fingerprint density at radius 1 is 1.25 bits per heavy atom. The van der Waals surface area contributed by atoms with Crippen molar-refractivity contribution in [2.24, 2.45) is 0 Å². The van der Waals surface area contributed by atoms with Crippen molar-refractivity contribution in [3.8, 4) is 17.6 Å². The van der Waals surface area contributed by atoms with Crippen molar-refractivity contribution in [3.63, 3.8) is 0 Å². The van der Waals surface area contributed by atoms with Crippen LogP contribution in [0.5, 0.6) is 5.75 Å².